The van der Waals surface area contributed by atoms with Crippen LogP contribution in [0, 0.1) is 5.92 Å². The Morgan fingerprint density at radius 1 is 1.46 bits per heavy atom. The maximum atomic E-state index is 5.96. The molecule has 0 aromatic carbocycles. The molecule has 0 fully saturated rings. The minimum Gasteiger partial charge on any atom is -0.323 e. The SMILES string of the molecule is CC(C)C[C@@H](N)c1ccc(Cl)s1.Cl. The topological polar surface area (TPSA) is 26.0 Å². The standard InChI is InChI=1S/C9H14ClNS.ClH/c1-6(2)5-7(11)8-3-4-9(10)12-8;/h3-4,6-7H,5,11H2,1-2H3;1H/t7-;/m1./s1. The molecule has 0 aliphatic rings. The lowest BCUT2D eigenvalue weighted by atomic mass is 10.0. The van der Waals surface area contributed by atoms with E-state index in [-0.39, 0.29) is 18.4 Å². The van der Waals surface area contributed by atoms with Gasteiger partial charge in [-0.05, 0) is 24.5 Å². The van der Waals surface area contributed by atoms with Gasteiger partial charge in [-0.3, -0.25) is 0 Å². The highest BCUT2D eigenvalue weighted by molar-refractivity contribution is 7.16. The first-order chi connectivity index (χ1) is 5.59. The molecule has 1 nitrogen and oxygen atoms in total. The van der Waals surface area contributed by atoms with Gasteiger partial charge in [-0.2, -0.15) is 0 Å². The lowest BCUT2D eigenvalue weighted by Gasteiger charge is -2.11. The summed E-state index contributed by atoms with van der Waals surface area (Å²) >= 11 is 7.38. The summed E-state index contributed by atoms with van der Waals surface area (Å²) in [5, 5.41) is 0. The summed E-state index contributed by atoms with van der Waals surface area (Å²) in [6, 6.07) is 4.07. The molecule has 1 aromatic heterocycles. The number of thiophene rings is 1. The molecule has 1 aromatic rings. The molecule has 1 heterocycles. The van der Waals surface area contributed by atoms with Crippen LogP contribution in [0.2, 0.25) is 4.34 Å². The summed E-state index contributed by atoms with van der Waals surface area (Å²) in [4.78, 5) is 1.19. The van der Waals surface area contributed by atoms with E-state index >= 15 is 0 Å². The first-order valence-corrected chi connectivity index (χ1v) is 5.30. The Morgan fingerprint density at radius 3 is 2.46 bits per heavy atom. The first kappa shape index (κ1) is 13.2. The fraction of sp³-hybridized carbons (Fsp3) is 0.556. The van der Waals surface area contributed by atoms with Crippen LogP contribution in [-0.2, 0) is 0 Å². The largest absolute Gasteiger partial charge is 0.323 e. The Bertz CT molecular complexity index is 248. The van der Waals surface area contributed by atoms with E-state index in [0.717, 1.165) is 10.8 Å². The van der Waals surface area contributed by atoms with Crippen molar-refractivity contribution < 1.29 is 0 Å². The lowest BCUT2D eigenvalue weighted by Crippen LogP contribution is -2.11. The van der Waals surface area contributed by atoms with Gasteiger partial charge in [-0.25, -0.2) is 0 Å². The van der Waals surface area contributed by atoms with Crippen LogP contribution in [0.1, 0.15) is 31.2 Å². The Morgan fingerprint density at radius 2 is 2.08 bits per heavy atom. The molecule has 1 atom stereocenters. The van der Waals surface area contributed by atoms with Crippen molar-refractivity contribution in [3.63, 3.8) is 0 Å². The van der Waals surface area contributed by atoms with Gasteiger partial charge in [-0.15, -0.1) is 23.7 Å². The number of rotatable bonds is 3. The average molecular weight is 240 g/mol. The highest BCUT2D eigenvalue weighted by atomic mass is 35.5. The second-order valence-corrected chi connectivity index (χ2v) is 5.12. The summed E-state index contributed by atoms with van der Waals surface area (Å²) in [6.45, 7) is 4.35. The molecule has 0 radical (unpaired) electrons. The summed E-state index contributed by atoms with van der Waals surface area (Å²) in [5.74, 6) is 0.640. The van der Waals surface area contributed by atoms with Gasteiger partial charge in [0, 0.05) is 10.9 Å². The molecule has 1 rings (SSSR count). The molecule has 0 aliphatic heterocycles. The van der Waals surface area contributed by atoms with Crippen LogP contribution >= 0.6 is 35.3 Å². The van der Waals surface area contributed by atoms with Gasteiger partial charge in [0.25, 0.3) is 0 Å². The molecule has 0 aliphatic carbocycles. The van der Waals surface area contributed by atoms with Crippen LogP contribution in [-0.4, -0.2) is 0 Å². The summed E-state index contributed by atoms with van der Waals surface area (Å²) in [5.41, 5.74) is 5.96. The van der Waals surface area contributed by atoms with Gasteiger partial charge in [0.05, 0.1) is 4.34 Å². The van der Waals surface area contributed by atoms with Gasteiger partial charge < -0.3 is 5.73 Å². The minimum atomic E-state index is 0. The van der Waals surface area contributed by atoms with Gasteiger partial charge in [-0.1, -0.05) is 25.4 Å². The van der Waals surface area contributed by atoms with Gasteiger partial charge in [0.2, 0.25) is 0 Å². The van der Waals surface area contributed by atoms with Gasteiger partial charge in [0.1, 0.15) is 0 Å². The van der Waals surface area contributed by atoms with Crippen molar-refractivity contribution in [3.8, 4) is 0 Å². The number of halogens is 2. The zero-order valence-electron chi connectivity index (χ0n) is 7.79. The maximum Gasteiger partial charge on any atom is 0.0931 e. The fourth-order valence-electron chi connectivity index (χ4n) is 1.15. The number of hydrogen-bond acceptors (Lipinski definition) is 2. The number of nitrogens with two attached hydrogens (primary N) is 1. The average Bonchev–Trinajstić information content (AvgIpc) is 2.34. The summed E-state index contributed by atoms with van der Waals surface area (Å²) in [7, 11) is 0. The monoisotopic (exact) mass is 239 g/mol. The van der Waals surface area contributed by atoms with Crippen molar-refractivity contribution in [1.29, 1.82) is 0 Å². The molecule has 13 heavy (non-hydrogen) atoms. The predicted octanol–water partition coefficient (Wildman–Crippen LogP) is 3.87. The third kappa shape index (κ3) is 4.32. The maximum absolute atomic E-state index is 5.96. The van der Waals surface area contributed by atoms with Crippen LogP contribution < -0.4 is 5.73 Å². The molecular weight excluding hydrogens is 225 g/mol. The second kappa shape index (κ2) is 5.86. The van der Waals surface area contributed by atoms with Gasteiger partial charge in [0.15, 0.2) is 0 Å². The molecule has 0 saturated heterocycles. The summed E-state index contributed by atoms with van der Waals surface area (Å²) in [6.07, 6.45) is 1.02. The summed E-state index contributed by atoms with van der Waals surface area (Å²) < 4.78 is 0.823. The molecule has 76 valence electrons. The highest BCUT2D eigenvalue weighted by Gasteiger charge is 2.09. The lowest BCUT2D eigenvalue weighted by molar-refractivity contribution is 0.515. The second-order valence-electron chi connectivity index (χ2n) is 3.38. The van der Waals surface area contributed by atoms with Crippen molar-refractivity contribution >= 4 is 35.3 Å². The van der Waals surface area contributed by atoms with E-state index in [2.05, 4.69) is 13.8 Å². The van der Waals surface area contributed by atoms with E-state index in [4.69, 9.17) is 17.3 Å². The van der Waals surface area contributed by atoms with Crippen molar-refractivity contribution in [2.75, 3.05) is 0 Å². The smallest absolute Gasteiger partial charge is 0.0931 e. The quantitative estimate of drug-likeness (QED) is 0.852. The van der Waals surface area contributed by atoms with Crippen molar-refractivity contribution in [3.05, 3.63) is 21.3 Å². The molecule has 2 N–H and O–H groups in total. The first-order valence-electron chi connectivity index (χ1n) is 4.10. The predicted molar refractivity (Wildman–Crippen MR) is 63.0 cm³/mol. The Balaban J connectivity index is 0.00000144. The third-order valence-electron chi connectivity index (χ3n) is 1.68. The van der Waals surface area contributed by atoms with Crippen LogP contribution in [0.5, 0.6) is 0 Å². The van der Waals surface area contributed by atoms with E-state index in [1.165, 1.54) is 4.88 Å². The van der Waals surface area contributed by atoms with E-state index in [1.54, 1.807) is 11.3 Å². The van der Waals surface area contributed by atoms with E-state index < -0.39 is 0 Å². The van der Waals surface area contributed by atoms with Crippen LogP contribution in [0.25, 0.3) is 0 Å². The van der Waals surface area contributed by atoms with Gasteiger partial charge >= 0.3 is 0 Å². The van der Waals surface area contributed by atoms with Crippen molar-refractivity contribution in [2.24, 2.45) is 11.7 Å². The number of hydrogen-bond donors (Lipinski definition) is 1. The van der Waals surface area contributed by atoms with Crippen LogP contribution in [0.3, 0.4) is 0 Å². The molecule has 0 amide bonds. The zero-order valence-corrected chi connectivity index (χ0v) is 10.2. The Labute approximate surface area is 94.7 Å². The van der Waals surface area contributed by atoms with Crippen molar-refractivity contribution in [2.45, 2.75) is 26.3 Å². The normalized spacial score (nSPS) is 12.7. The van der Waals surface area contributed by atoms with Crippen LogP contribution in [0.4, 0.5) is 0 Å². The molecular formula is C9H15Cl2NS. The Kier molecular flexibility index (Phi) is 5.97. The molecule has 0 spiro atoms. The van der Waals surface area contributed by atoms with E-state index in [1.807, 2.05) is 12.1 Å². The molecule has 4 heteroatoms. The highest BCUT2D eigenvalue weighted by Crippen LogP contribution is 2.28. The Hall–Kier alpha value is 0.240. The molecule has 0 saturated carbocycles. The third-order valence-corrected chi connectivity index (χ3v) is 3.05. The molecule has 0 unspecified atom stereocenters. The van der Waals surface area contributed by atoms with Crippen LogP contribution in [0.15, 0.2) is 12.1 Å². The van der Waals surface area contributed by atoms with E-state index in [9.17, 15) is 0 Å². The van der Waals surface area contributed by atoms with E-state index in [0.29, 0.717) is 5.92 Å². The molecule has 0 bridgehead atoms. The van der Waals surface area contributed by atoms with Crippen molar-refractivity contribution in [1.82, 2.24) is 0 Å². The fourth-order valence-corrected chi connectivity index (χ4v) is 2.23. The zero-order chi connectivity index (χ0) is 9.14. The minimum absolute atomic E-state index is 0.